The standard InChI is InChI=1S/C20H26N2O4/c1-6-25-17(21-22-18(23)26-19(2,3)4)20(5,24)16-12-11-14-9-7-8-10-15(14)13-16/h7-13,24H,6H2,1-5H3,(H,22,23)/b21-17-. The number of amides is 1. The van der Waals surface area contributed by atoms with Gasteiger partial charge in [-0.2, -0.15) is 0 Å². The Bertz CT molecular complexity index is 807. The predicted octanol–water partition coefficient (Wildman–Crippen LogP) is 3.92. The van der Waals surface area contributed by atoms with E-state index in [1.807, 2.05) is 42.5 Å². The van der Waals surface area contributed by atoms with Crippen molar-refractivity contribution in [3.63, 3.8) is 0 Å². The van der Waals surface area contributed by atoms with Crippen molar-refractivity contribution in [2.45, 2.75) is 45.8 Å². The molecule has 2 aromatic carbocycles. The van der Waals surface area contributed by atoms with Crippen LogP contribution in [0, 0.1) is 0 Å². The molecule has 0 heterocycles. The van der Waals surface area contributed by atoms with Crippen LogP contribution in [0.3, 0.4) is 0 Å². The molecule has 6 heteroatoms. The van der Waals surface area contributed by atoms with Crippen LogP contribution in [0.1, 0.15) is 40.2 Å². The number of nitrogens with one attached hydrogen (secondary N) is 1. The lowest BCUT2D eigenvalue weighted by Gasteiger charge is -2.26. The summed E-state index contributed by atoms with van der Waals surface area (Å²) in [7, 11) is 0. The van der Waals surface area contributed by atoms with E-state index in [1.54, 1.807) is 34.6 Å². The van der Waals surface area contributed by atoms with Crippen LogP contribution >= 0.6 is 0 Å². The maximum Gasteiger partial charge on any atom is 0.428 e. The van der Waals surface area contributed by atoms with E-state index in [-0.39, 0.29) is 5.90 Å². The van der Waals surface area contributed by atoms with Crippen LogP contribution < -0.4 is 5.43 Å². The highest BCUT2D eigenvalue weighted by Crippen LogP contribution is 2.27. The summed E-state index contributed by atoms with van der Waals surface area (Å²) in [5.74, 6) is -0.0128. The number of fused-ring (bicyclic) bond motifs is 1. The summed E-state index contributed by atoms with van der Waals surface area (Å²) in [6.45, 7) is 8.90. The highest BCUT2D eigenvalue weighted by Gasteiger charge is 2.33. The molecule has 2 aromatic rings. The molecule has 1 amide bonds. The number of hydrazone groups is 1. The molecule has 0 fully saturated rings. The molecule has 140 valence electrons. The average molecular weight is 358 g/mol. The second-order valence-corrected chi connectivity index (χ2v) is 7.10. The van der Waals surface area contributed by atoms with E-state index in [1.165, 1.54) is 0 Å². The first-order valence-corrected chi connectivity index (χ1v) is 8.55. The summed E-state index contributed by atoms with van der Waals surface area (Å²) < 4.78 is 10.6. The quantitative estimate of drug-likeness (QED) is 0.493. The van der Waals surface area contributed by atoms with E-state index >= 15 is 0 Å². The molecule has 0 radical (unpaired) electrons. The predicted molar refractivity (Wildman–Crippen MR) is 102 cm³/mol. The van der Waals surface area contributed by atoms with E-state index in [4.69, 9.17) is 9.47 Å². The number of hydrogen-bond acceptors (Lipinski definition) is 5. The summed E-state index contributed by atoms with van der Waals surface area (Å²) in [6.07, 6.45) is -0.719. The smallest absolute Gasteiger partial charge is 0.428 e. The third kappa shape index (κ3) is 4.95. The lowest BCUT2D eigenvalue weighted by Crippen LogP contribution is -2.37. The Morgan fingerprint density at radius 1 is 1.12 bits per heavy atom. The van der Waals surface area contributed by atoms with Gasteiger partial charge in [0.1, 0.15) is 5.60 Å². The number of hydrogen-bond donors (Lipinski definition) is 2. The molecule has 26 heavy (non-hydrogen) atoms. The summed E-state index contributed by atoms with van der Waals surface area (Å²) in [6, 6.07) is 13.5. The van der Waals surface area contributed by atoms with Crippen LogP contribution in [-0.4, -0.2) is 29.3 Å². The van der Waals surface area contributed by atoms with E-state index in [9.17, 15) is 9.90 Å². The summed E-state index contributed by atoms with van der Waals surface area (Å²) >= 11 is 0. The first-order chi connectivity index (χ1) is 12.1. The number of rotatable bonds is 4. The zero-order valence-electron chi connectivity index (χ0n) is 15.9. The van der Waals surface area contributed by atoms with Gasteiger partial charge < -0.3 is 14.6 Å². The number of aliphatic hydroxyl groups is 1. The van der Waals surface area contributed by atoms with Crippen molar-refractivity contribution in [3.05, 3.63) is 48.0 Å². The number of carbonyl (C=O) groups is 1. The summed E-state index contributed by atoms with van der Waals surface area (Å²) in [5, 5.41) is 17.0. The zero-order chi connectivity index (χ0) is 19.4. The van der Waals surface area contributed by atoms with Gasteiger partial charge in [0.25, 0.3) is 0 Å². The third-order valence-corrected chi connectivity index (χ3v) is 3.66. The van der Waals surface area contributed by atoms with Gasteiger partial charge in [0.2, 0.25) is 5.90 Å². The molecule has 2 N–H and O–H groups in total. The fourth-order valence-corrected chi connectivity index (χ4v) is 2.43. The van der Waals surface area contributed by atoms with Crippen LogP contribution in [0.5, 0.6) is 0 Å². The zero-order valence-corrected chi connectivity index (χ0v) is 15.9. The van der Waals surface area contributed by atoms with E-state index in [0.717, 1.165) is 10.8 Å². The average Bonchev–Trinajstić information content (AvgIpc) is 2.56. The van der Waals surface area contributed by atoms with Crippen LogP contribution in [0.2, 0.25) is 0 Å². The van der Waals surface area contributed by atoms with Gasteiger partial charge in [-0.25, -0.2) is 10.2 Å². The molecule has 6 nitrogen and oxygen atoms in total. The van der Waals surface area contributed by atoms with Gasteiger partial charge in [0, 0.05) is 0 Å². The molecule has 0 aromatic heterocycles. The fourth-order valence-electron chi connectivity index (χ4n) is 2.43. The second-order valence-electron chi connectivity index (χ2n) is 7.10. The number of benzene rings is 2. The third-order valence-electron chi connectivity index (χ3n) is 3.66. The molecule has 0 aliphatic carbocycles. The van der Waals surface area contributed by atoms with Crippen molar-refractivity contribution < 1.29 is 19.4 Å². The largest absolute Gasteiger partial charge is 0.478 e. The second kappa shape index (κ2) is 7.74. The molecule has 0 spiro atoms. The molecule has 0 bridgehead atoms. The first-order valence-electron chi connectivity index (χ1n) is 8.55. The molecule has 1 unspecified atom stereocenters. The Morgan fingerprint density at radius 2 is 1.77 bits per heavy atom. The number of nitrogens with zero attached hydrogens (tertiary/aromatic N) is 1. The van der Waals surface area contributed by atoms with E-state index in [2.05, 4.69) is 10.5 Å². The minimum absolute atomic E-state index is 0.0128. The van der Waals surface area contributed by atoms with Crippen molar-refractivity contribution >= 4 is 22.8 Å². The van der Waals surface area contributed by atoms with Crippen molar-refractivity contribution in [1.82, 2.24) is 5.43 Å². The summed E-state index contributed by atoms with van der Waals surface area (Å²) in [4.78, 5) is 11.8. The minimum atomic E-state index is -1.52. The molecule has 0 aliphatic rings. The Balaban J connectivity index is 2.30. The molecule has 0 saturated carbocycles. The molecule has 0 aliphatic heterocycles. The Hall–Kier alpha value is -2.60. The van der Waals surface area contributed by atoms with Crippen molar-refractivity contribution in [2.24, 2.45) is 5.10 Å². The van der Waals surface area contributed by atoms with Gasteiger partial charge in [-0.1, -0.05) is 36.4 Å². The normalized spacial score (nSPS) is 14.6. The van der Waals surface area contributed by atoms with Gasteiger partial charge in [-0.3, -0.25) is 0 Å². The molecular formula is C20H26N2O4. The molecule has 2 rings (SSSR count). The monoisotopic (exact) mass is 358 g/mol. The van der Waals surface area contributed by atoms with Crippen molar-refractivity contribution in [1.29, 1.82) is 0 Å². The van der Waals surface area contributed by atoms with Crippen molar-refractivity contribution in [3.8, 4) is 0 Å². The van der Waals surface area contributed by atoms with Gasteiger partial charge >= 0.3 is 6.09 Å². The van der Waals surface area contributed by atoms with E-state index in [0.29, 0.717) is 12.2 Å². The molecule has 1 atom stereocenters. The van der Waals surface area contributed by atoms with Crippen LogP contribution in [0.4, 0.5) is 4.79 Å². The van der Waals surface area contributed by atoms with Gasteiger partial charge in [-0.05, 0) is 57.0 Å². The lowest BCUT2D eigenvalue weighted by atomic mass is 9.93. The number of ether oxygens (including phenoxy) is 2. The lowest BCUT2D eigenvalue weighted by molar-refractivity contribution is 0.0518. The topological polar surface area (TPSA) is 80.2 Å². The van der Waals surface area contributed by atoms with Gasteiger partial charge in [-0.15, -0.1) is 5.10 Å². The van der Waals surface area contributed by atoms with Crippen LogP contribution in [0.15, 0.2) is 47.6 Å². The van der Waals surface area contributed by atoms with Crippen LogP contribution in [-0.2, 0) is 15.1 Å². The Kier molecular flexibility index (Phi) is 5.87. The van der Waals surface area contributed by atoms with Gasteiger partial charge in [0.05, 0.1) is 6.61 Å². The Morgan fingerprint density at radius 3 is 2.38 bits per heavy atom. The van der Waals surface area contributed by atoms with Crippen LogP contribution in [0.25, 0.3) is 10.8 Å². The maximum absolute atomic E-state index is 11.8. The fraction of sp³-hybridized carbons (Fsp3) is 0.400. The maximum atomic E-state index is 11.8. The van der Waals surface area contributed by atoms with E-state index < -0.39 is 17.3 Å². The molecular weight excluding hydrogens is 332 g/mol. The Labute approximate surface area is 153 Å². The minimum Gasteiger partial charge on any atom is -0.478 e. The highest BCUT2D eigenvalue weighted by atomic mass is 16.6. The highest BCUT2D eigenvalue weighted by molar-refractivity contribution is 5.89. The van der Waals surface area contributed by atoms with Crippen molar-refractivity contribution in [2.75, 3.05) is 6.61 Å². The number of carbonyl (C=O) groups excluding carboxylic acids is 1. The summed E-state index contributed by atoms with van der Waals surface area (Å²) in [5.41, 5.74) is 0.719. The SMILES string of the molecule is CCO/C(=N\NC(=O)OC(C)(C)C)C(C)(O)c1ccc2ccccc2c1. The first kappa shape index (κ1) is 19.7. The van der Waals surface area contributed by atoms with Gasteiger partial charge in [0.15, 0.2) is 5.60 Å². The molecule has 0 saturated heterocycles.